The van der Waals surface area contributed by atoms with Crippen molar-refractivity contribution in [3.05, 3.63) is 23.8 Å². The fourth-order valence-electron chi connectivity index (χ4n) is 2.88. The predicted octanol–water partition coefficient (Wildman–Crippen LogP) is 3.58. The molecule has 1 fully saturated rings. The Hall–Kier alpha value is -1.22. The molecule has 3 heteroatoms. The molecule has 0 aromatic heterocycles. The highest BCUT2D eigenvalue weighted by molar-refractivity contribution is 5.42. The zero-order chi connectivity index (χ0) is 14.4. The smallest absolute Gasteiger partial charge is 0.161 e. The number of hydrogen-bond acceptors (Lipinski definition) is 3. The molecule has 3 nitrogen and oxygen atoms in total. The van der Waals surface area contributed by atoms with Crippen LogP contribution in [0, 0.1) is 5.92 Å². The number of aliphatic hydroxyl groups excluding tert-OH is 1. The van der Waals surface area contributed by atoms with E-state index in [1.165, 1.54) is 24.8 Å². The number of aryl methyl sites for hydroxylation is 1. The predicted molar refractivity (Wildman–Crippen MR) is 80.4 cm³/mol. The molecule has 0 spiro atoms. The molecular formula is C17H26O3. The van der Waals surface area contributed by atoms with Gasteiger partial charge in [-0.1, -0.05) is 32.3 Å². The first-order chi connectivity index (χ1) is 9.74. The number of ether oxygens (including phenoxy) is 2. The van der Waals surface area contributed by atoms with Gasteiger partial charge in [-0.3, -0.25) is 0 Å². The fourth-order valence-corrected chi connectivity index (χ4v) is 2.88. The molecule has 1 atom stereocenters. The van der Waals surface area contributed by atoms with E-state index in [9.17, 15) is 5.11 Å². The number of methoxy groups -OCH3 is 1. The quantitative estimate of drug-likeness (QED) is 0.864. The van der Waals surface area contributed by atoms with Crippen LogP contribution < -0.4 is 9.47 Å². The van der Waals surface area contributed by atoms with Crippen LogP contribution in [0.25, 0.3) is 0 Å². The maximum atomic E-state index is 10.2. The standard InChI is InChI=1S/C17H26O3/c1-3-13-9-10-16(17(11-13)19-2)20-12-15(18)14-7-5-4-6-8-14/h9-11,14-15,18H,3-8,12H2,1-2H3. The van der Waals surface area contributed by atoms with Gasteiger partial charge in [0.2, 0.25) is 0 Å². The molecule has 1 unspecified atom stereocenters. The average molecular weight is 278 g/mol. The Bertz CT molecular complexity index is 411. The first-order valence-corrected chi connectivity index (χ1v) is 7.72. The van der Waals surface area contributed by atoms with Crippen molar-refractivity contribution in [2.24, 2.45) is 5.92 Å². The zero-order valence-corrected chi connectivity index (χ0v) is 12.6. The molecule has 0 aliphatic heterocycles. The Morgan fingerprint density at radius 3 is 2.60 bits per heavy atom. The third kappa shape index (κ3) is 3.89. The monoisotopic (exact) mass is 278 g/mol. The highest BCUT2D eigenvalue weighted by atomic mass is 16.5. The summed E-state index contributed by atoms with van der Waals surface area (Å²) >= 11 is 0. The van der Waals surface area contributed by atoms with Crippen LogP contribution in [-0.4, -0.2) is 24.9 Å². The summed E-state index contributed by atoms with van der Waals surface area (Å²) in [5.41, 5.74) is 1.22. The van der Waals surface area contributed by atoms with Crippen LogP contribution in [0.15, 0.2) is 18.2 Å². The normalized spacial score (nSPS) is 17.8. The lowest BCUT2D eigenvalue weighted by molar-refractivity contribution is 0.0405. The third-order valence-electron chi connectivity index (χ3n) is 4.24. The first kappa shape index (κ1) is 15.2. The van der Waals surface area contributed by atoms with Crippen molar-refractivity contribution < 1.29 is 14.6 Å². The van der Waals surface area contributed by atoms with Gasteiger partial charge in [0.15, 0.2) is 11.5 Å². The van der Waals surface area contributed by atoms with Gasteiger partial charge in [0.1, 0.15) is 6.61 Å². The van der Waals surface area contributed by atoms with Crippen molar-refractivity contribution in [2.45, 2.75) is 51.6 Å². The van der Waals surface area contributed by atoms with Crippen LogP contribution in [0.3, 0.4) is 0 Å². The molecule has 1 aromatic rings. The Balaban J connectivity index is 1.92. The van der Waals surface area contributed by atoms with Crippen molar-refractivity contribution in [3.8, 4) is 11.5 Å². The maximum absolute atomic E-state index is 10.2. The second-order valence-corrected chi connectivity index (χ2v) is 5.62. The zero-order valence-electron chi connectivity index (χ0n) is 12.6. The van der Waals surface area contributed by atoms with E-state index in [2.05, 4.69) is 6.92 Å². The molecule has 112 valence electrons. The minimum absolute atomic E-state index is 0.354. The van der Waals surface area contributed by atoms with Crippen LogP contribution in [0.4, 0.5) is 0 Å². The van der Waals surface area contributed by atoms with Gasteiger partial charge in [-0.15, -0.1) is 0 Å². The molecule has 2 rings (SSSR count). The van der Waals surface area contributed by atoms with Gasteiger partial charge in [-0.05, 0) is 42.9 Å². The Morgan fingerprint density at radius 1 is 1.20 bits per heavy atom. The van der Waals surface area contributed by atoms with Gasteiger partial charge in [0, 0.05) is 0 Å². The lowest BCUT2D eigenvalue weighted by Gasteiger charge is -2.26. The van der Waals surface area contributed by atoms with Crippen LogP contribution in [0.1, 0.15) is 44.6 Å². The third-order valence-corrected chi connectivity index (χ3v) is 4.24. The molecule has 0 radical (unpaired) electrons. The van der Waals surface area contributed by atoms with E-state index >= 15 is 0 Å². The van der Waals surface area contributed by atoms with Gasteiger partial charge in [0.25, 0.3) is 0 Å². The number of benzene rings is 1. The average Bonchev–Trinajstić information content (AvgIpc) is 2.53. The van der Waals surface area contributed by atoms with E-state index in [1.54, 1.807) is 7.11 Å². The summed E-state index contributed by atoms with van der Waals surface area (Å²) in [6, 6.07) is 5.98. The SMILES string of the molecule is CCc1ccc(OCC(O)C2CCCCC2)c(OC)c1. The van der Waals surface area contributed by atoms with Gasteiger partial charge in [0.05, 0.1) is 13.2 Å². The highest BCUT2D eigenvalue weighted by Crippen LogP contribution is 2.30. The fraction of sp³-hybridized carbons (Fsp3) is 0.647. The molecule has 1 aliphatic rings. The maximum Gasteiger partial charge on any atom is 0.161 e. The Labute approximate surface area is 121 Å². The molecule has 0 bridgehead atoms. The van der Waals surface area contributed by atoms with Crippen LogP contribution in [-0.2, 0) is 6.42 Å². The summed E-state index contributed by atoms with van der Waals surface area (Å²) in [7, 11) is 1.65. The second kappa shape index (κ2) is 7.53. The summed E-state index contributed by atoms with van der Waals surface area (Å²) in [6.07, 6.45) is 6.61. The van der Waals surface area contributed by atoms with Gasteiger partial charge >= 0.3 is 0 Å². The van der Waals surface area contributed by atoms with E-state index in [-0.39, 0.29) is 6.10 Å². The number of rotatable bonds is 6. The molecular weight excluding hydrogens is 252 g/mol. The van der Waals surface area contributed by atoms with Crippen molar-refractivity contribution in [1.29, 1.82) is 0 Å². The van der Waals surface area contributed by atoms with E-state index in [0.29, 0.717) is 12.5 Å². The first-order valence-electron chi connectivity index (χ1n) is 7.72. The molecule has 0 saturated heterocycles. The topological polar surface area (TPSA) is 38.7 Å². The Morgan fingerprint density at radius 2 is 1.95 bits per heavy atom. The number of hydrogen-bond donors (Lipinski definition) is 1. The minimum atomic E-state index is -0.370. The summed E-state index contributed by atoms with van der Waals surface area (Å²) in [6.45, 7) is 2.47. The van der Waals surface area contributed by atoms with Gasteiger partial charge < -0.3 is 14.6 Å². The van der Waals surface area contributed by atoms with Gasteiger partial charge in [-0.2, -0.15) is 0 Å². The molecule has 0 heterocycles. The van der Waals surface area contributed by atoms with Crippen LogP contribution in [0.2, 0.25) is 0 Å². The summed E-state index contributed by atoms with van der Waals surface area (Å²) in [5.74, 6) is 1.87. The molecule has 1 N–H and O–H groups in total. The van der Waals surface area contributed by atoms with Crippen LogP contribution >= 0.6 is 0 Å². The number of aliphatic hydroxyl groups is 1. The summed E-state index contributed by atoms with van der Waals surface area (Å²) < 4.78 is 11.1. The van der Waals surface area contributed by atoms with Crippen molar-refractivity contribution >= 4 is 0 Å². The lowest BCUT2D eigenvalue weighted by atomic mass is 9.85. The van der Waals surface area contributed by atoms with Crippen molar-refractivity contribution in [2.75, 3.05) is 13.7 Å². The molecule has 1 saturated carbocycles. The summed E-state index contributed by atoms with van der Waals surface area (Å²) in [4.78, 5) is 0. The lowest BCUT2D eigenvalue weighted by Crippen LogP contribution is -2.28. The van der Waals surface area contributed by atoms with E-state index in [1.807, 2.05) is 18.2 Å². The van der Waals surface area contributed by atoms with Gasteiger partial charge in [-0.25, -0.2) is 0 Å². The molecule has 20 heavy (non-hydrogen) atoms. The van der Waals surface area contributed by atoms with Crippen LogP contribution in [0.5, 0.6) is 11.5 Å². The Kier molecular flexibility index (Phi) is 5.72. The minimum Gasteiger partial charge on any atom is -0.493 e. The van der Waals surface area contributed by atoms with Crippen molar-refractivity contribution in [3.63, 3.8) is 0 Å². The largest absolute Gasteiger partial charge is 0.493 e. The highest BCUT2D eigenvalue weighted by Gasteiger charge is 2.22. The molecule has 1 aromatic carbocycles. The second-order valence-electron chi connectivity index (χ2n) is 5.62. The molecule has 1 aliphatic carbocycles. The van der Waals surface area contributed by atoms with E-state index < -0.39 is 0 Å². The summed E-state index contributed by atoms with van der Waals surface area (Å²) in [5, 5.41) is 10.2. The van der Waals surface area contributed by atoms with Crippen molar-refractivity contribution in [1.82, 2.24) is 0 Å². The van der Waals surface area contributed by atoms with E-state index in [4.69, 9.17) is 9.47 Å². The van der Waals surface area contributed by atoms with E-state index in [0.717, 1.165) is 30.8 Å². The molecule has 0 amide bonds.